The Hall–Kier alpha value is -3.22. The molecule has 0 aliphatic carbocycles. The third-order valence-electron chi connectivity index (χ3n) is 4.03. The first-order valence-electron chi connectivity index (χ1n) is 8.49. The molecule has 136 valence electrons. The van der Waals surface area contributed by atoms with E-state index < -0.39 is 11.0 Å². The molecule has 4 aromatic rings. The number of rotatable bonds is 0. The van der Waals surface area contributed by atoms with Gasteiger partial charge in [-0.05, 0) is 51.9 Å². The lowest BCUT2D eigenvalue weighted by Crippen LogP contribution is -2.19. The van der Waals surface area contributed by atoms with Gasteiger partial charge in [-0.3, -0.25) is 14.6 Å². The Bertz CT molecular complexity index is 1250. The van der Waals surface area contributed by atoms with Crippen LogP contribution >= 0.6 is 22.7 Å². The molecule has 0 saturated carbocycles. The lowest BCUT2D eigenvalue weighted by Gasteiger charge is -1.82. The summed E-state index contributed by atoms with van der Waals surface area (Å²) in [5.74, 6) is 0. The Morgan fingerprint density at radius 3 is 1.79 bits per heavy atom. The molecule has 0 saturated heterocycles. The van der Waals surface area contributed by atoms with Crippen molar-refractivity contribution in [1.29, 1.82) is 0 Å². The standard InChI is InChI=1S/2C8H6S.C6H2N2O2/c2*1-2-4-8-7(3-1)5-6-9-8;9-5-4-3(1-2-7-4)8-6(5)10/h2*1-6H;1-2H. The molecule has 0 atom stereocenters. The summed E-state index contributed by atoms with van der Waals surface area (Å²) in [7, 11) is 0. The number of benzene rings is 2. The Morgan fingerprint density at radius 1 is 0.679 bits per heavy atom. The molecule has 2 aliphatic rings. The molecule has 6 rings (SSSR count). The van der Waals surface area contributed by atoms with E-state index >= 15 is 0 Å². The minimum Gasteiger partial charge on any atom is -0.281 e. The normalized spacial score (nSPS) is 10.4. The lowest BCUT2D eigenvalue weighted by molar-refractivity contribution is 1.30. The Labute approximate surface area is 168 Å². The van der Waals surface area contributed by atoms with Crippen molar-refractivity contribution in [2.75, 3.05) is 0 Å². The van der Waals surface area contributed by atoms with Crippen molar-refractivity contribution in [3.05, 3.63) is 104 Å². The molecule has 2 aliphatic heterocycles. The second-order valence-corrected chi connectivity index (χ2v) is 7.74. The molecule has 0 radical (unpaired) electrons. The van der Waals surface area contributed by atoms with Crippen LogP contribution in [0.5, 0.6) is 0 Å². The molecule has 28 heavy (non-hydrogen) atoms. The number of thiophene rings is 2. The molecule has 0 unspecified atom stereocenters. The predicted octanol–water partition coefficient (Wildman–Crippen LogP) is 4.98. The SMILES string of the molecule is O=c1nc2ccnc-2c1=O.c1ccc2sccc2c1.c1ccc2sccc2c1. The van der Waals surface area contributed by atoms with Gasteiger partial charge in [-0.15, -0.1) is 22.7 Å². The van der Waals surface area contributed by atoms with Crippen LogP contribution in [-0.4, -0.2) is 9.97 Å². The van der Waals surface area contributed by atoms with Gasteiger partial charge in [0.1, 0.15) is 5.69 Å². The van der Waals surface area contributed by atoms with E-state index in [0.29, 0.717) is 5.69 Å². The summed E-state index contributed by atoms with van der Waals surface area (Å²) in [4.78, 5) is 28.4. The van der Waals surface area contributed by atoms with Crippen molar-refractivity contribution in [2.45, 2.75) is 0 Å². The first kappa shape index (κ1) is 18.2. The van der Waals surface area contributed by atoms with Crippen LogP contribution < -0.4 is 11.0 Å². The average Bonchev–Trinajstić information content (AvgIpc) is 3.49. The molecular formula is C22H14N2O2S2. The van der Waals surface area contributed by atoms with E-state index in [2.05, 4.69) is 81.4 Å². The Balaban J connectivity index is 0.000000103. The van der Waals surface area contributed by atoms with E-state index in [-0.39, 0.29) is 5.69 Å². The van der Waals surface area contributed by atoms with Crippen molar-refractivity contribution in [3.63, 3.8) is 0 Å². The quantitative estimate of drug-likeness (QED) is 0.336. The second kappa shape index (κ2) is 8.21. The highest BCUT2D eigenvalue weighted by molar-refractivity contribution is 7.17. The largest absolute Gasteiger partial charge is 0.320 e. The fourth-order valence-electron chi connectivity index (χ4n) is 2.67. The zero-order valence-corrected chi connectivity index (χ0v) is 16.2. The molecule has 0 amide bonds. The van der Waals surface area contributed by atoms with Gasteiger partial charge in [0, 0.05) is 15.6 Å². The lowest BCUT2D eigenvalue weighted by atomic mass is 10.3. The van der Waals surface area contributed by atoms with Gasteiger partial charge in [0.2, 0.25) is 0 Å². The van der Waals surface area contributed by atoms with Crippen molar-refractivity contribution in [2.24, 2.45) is 0 Å². The number of hydrogen-bond donors (Lipinski definition) is 0. The summed E-state index contributed by atoms with van der Waals surface area (Å²) < 4.78 is 2.75. The van der Waals surface area contributed by atoms with E-state index in [1.165, 1.54) is 32.4 Å². The maximum absolute atomic E-state index is 10.8. The third-order valence-corrected chi connectivity index (χ3v) is 5.83. The topological polar surface area (TPSA) is 59.9 Å². The van der Waals surface area contributed by atoms with Crippen LogP contribution in [0.2, 0.25) is 0 Å². The summed E-state index contributed by atoms with van der Waals surface area (Å²) in [6.07, 6.45) is 1.46. The number of fused-ring (bicyclic) bond motifs is 3. The highest BCUT2D eigenvalue weighted by Gasteiger charge is 2.14. The molecule has 4 nitrogen and oxygen atoms in total. The van der Waals surface area contributed by atoms with Crippen LogP contribution in [-0.2, 0) is 0 Å². The molecule has 0 N–H and O–H groups in total. The summed E-state index contributed by atoms with van der Waals surface area (Å²) in [5.41, 5.74) is -0.724. The van der Waals surface area contributed by atoms with Crippen LogP contribution in [0.4, 0.5) is 0 Å². The average molecular weight is 403 g/mol. The van der Waals surface area contributed by atoms with Crippen LogP contribution in [0.3, 0.4) is 0 Å². The molecule has 6 heteroatoms. The second-order valence-electron chi connectivity index (χ2n) is 5.84. The third kappa shape index (κ3) is 3.88. The molecule has 0 fully saturated rings. The zero-order chi connectivity index (χ0) is 19.3. The summed E-state index contributed by atoms with van der Waals surface area (Å²) in [6, 6.07) is 22.6. The highest BCUT2D eigenvalue weighted by Crippen LogP contribution is 2.19. The van der Waals surface area contributed by atoms with Crippen molar-refractivity contribution >= 4 is 42.8 Å². The molecule has 2 aromatic carbocycles. The van der Waals surface area contributed by atoms with Crippen LogP contribution in [0.1, 0.15) is 0 Å². The van der Waals surface area contributed by atoms with Crippen LogP contribution in [0.15, 0.2) is 93.3 Å². The first-order valence-corrected chi connectivity index (χ1v) is 10.2. The van der Waals surface area contributed by atoms with Gasteiger partial charge in [0.25, 0.3) is 5.43 Å². The first-order chi connectivity index (χ1) is 13.7. The molecule has 0 bridgehead atoms. The summed E-state index contributed by atoms with van der Waals surface area (Å²) in [5, 5.41) is 6.93. The molecule has 2 aromatic heterocycles. The van der Waals surface area contributed by atoms with Gasteiger partial charge < -0.3 is 0 Å². The minimum absolute atomic E-state index is 0.185. The van der Waals surface area contributed by atoms with Gasteiger partial charge in [0.15, 0.2) is 0 Å². The van der Waals surface area contributed by atoms with E-state index in [9.17, 15) is 9.59 Å². The van der Waals surface area contributed by atoms with Crippen LogP contribution in [0.25, 0.3) is 31.6 Å². The van der Waals surface area contributed by atoms with Crippen LogP contribution in [0, 0.1) is 0 Å². The fraction of sp³-hybridized carbons (Fsp3) is 0. The van der Waals surface area contributed by atoms with E-state index in [0.717, 1.165) is 0 Å². The monoisotopic (exact) mass is 402 g/mol. The van der Waals surface area contributed by atoms with E-state index in [1.54, 1.807) is 22.7 Å². The van der Waals surface area contributed by atoms with Crippen molar-refractivity contribution < 1.29 is 0 Å². The van der Waals surface area contributed by atoms with E-state index in [4.69, 9.17) is 0 Å². The Kier molecular flexibility index (Phi) is 5.32. The highest BCUT2D eigenvalue weighted by atomic mass is 32.1. The molecule has 0 spiro atoms. The zero-order valence-electron chi connectivity index (χ0n) is 14.6. The van der Waals surface area contributed by atoms with Crippen molar-refractivity contribution in [1.82, 2.24) is 9.97 Å². The fourth-order valence-corrected chi connectivity index (χ4v) is 4.25. The van der Waals surface area contributed by atoms with Gasteiger partial charge in [-0.2, -0.15) is 0 Å². The molecular weight excluding hydrogens is 388 g/mol. The maximum Gasteiger partial charge on any atom is 0.320 e. The molecule has 4 heterocycles. The van der Waals surface area contributed by atoms with Crippen molar-refractivity contribution in [3.8, 4) is 11.4 Å². The van der Waals surface area contributed by atoms with Gasteiger partial charge in [0.05, 0.1) is 5.69 Å². The predicted molar refractivity (Wildman–Crippen MR) is 117 cm³/mol. The van der Waals surface area contributed by atoms with Gasteiger partial charge in [-0.25, -0.2) is 4.98 Å². The minimum atomic E-state index is -0.710. The van der Waals surface area contributed by atoms with Gasteiger partial charge >= 0.3 is 5.56 Å². The number of hydrogen-bond acceptors (Lipinski definition) is 6. The summed E-state index contributed by atoms with van der Waals surface area (Å²) in [6.45, 7) is 0. The summed E-state index contributed by atoms with van der Waals surface area (Å²) >= 11 is 3.57. The smallest absolute Gasteiger partial charge is 0.281 e. The number of aromatic nitrogens is 2. The number of nitrogens with zero attached hydrogens (tertiary/aromatic N) is 2. The van der Waals surface area contributed by atoms with Gasteiger partial charge in [-0.1, -0.05) is 36.4 Å². The Morgan fingerprint density at radius 2 is 1.25 bits per heavy atom. The van der Waals surface area contributed by atoms with E-state index in [1.807, 2.05) is 0 Å². The maximum atomic E-state index is 10.8.